The van der Waals surface area contributed by atoms with E-state index < -0.39 is 5.97 Å². The smallest absolute Gasteiger partial charge is 0.317 e. The van der Waals surface area contributed by atoms with Crippen molar-refractivity contribution in [1.29, 1.82) is 0 Å². The van der Waals surface area contributed by atoms with E-state index in [0.29, 0.717) is 19.4 Å². The van der Waals surface area contributed by atoms with Gasteiger partial charge in [0.25, 0.3) is 0 Å². The highest BCUT2D eigenvalue weighted by atomic mass is 16.4. The minimum Gasteiger partial charge on any atom is -0.481 e. The van der Waals surface area contributed by atoms with Gasteiger partial charge < -0.3 is 15.3 Å². The van der Waals surface area contributed by atoms with E-state index in [-0.39, 0.29) is 18.5 Å². The zero-order valence-electron chi connectivity index (χ0n) is 12.9. The van der Waals surface area contributed by atoms with Crippen LogP contribution in [0.15, 0.2) is 24.3 Å². The van der Waals surface area contributed by atoms with Gasteiger partial charge in [-0.2, -0.15) is 0 Å². The molecular weight excluding hydrogens is 268 g/mol. The molecule has 0 saturated carbocycles. The lowest BCUT2D eigenvalue weighted by atomic mass is 10.1. The largest absolute Gasteiger partial charge is 0.481 e. The molecule has 21 heavy (non-hydrogen) atoms. The molecule has 2 N–H and O–H groups in total. The van der Waals surface area contributed by atoms with Crippen molar-refractivity contribution >= 4 is 12.0 Å². The number of benzene rings is 1. The van der Waals surface area contributed by atoms with Crippen molar-refractivity contribution in [3.05, 3.63) is 35.4 Å². The second-order valence-electron chi connectivity index (χ2n) is 5.42. The van der Waals surface area contributed by atoms with Crippen LogP contribution in [0, 0.1) is 6.92 Å². The topological polar surface area (TPSA) is 69.6 Å². The van der Waals surface area contributed by atoms with Crippen LogP contribution >= 0.6 is 0 Å². The lowest BCUT2D eigenvalue weighted by molar-refractivity contribution is -0.137. The predicted molar refractivity (Wildman–Crippen MR) is 82.1 cm³/mol. The van der Waals surface area contributed by atoms with Gasteiger partial charge in [0.2, 0.25) is 0 Å². The number of urea groups is 1. The highest BCUT2D eigenvalue weighted by Gasteiger charge is 2.13. The summed E-state index contributed by atoms with van der Waals surface area (Å²) in [5.41, 5.74) is 2.28. The molecule has 1 aromatic carbocycles. The average molecular weight is 292 g/mol. The molecule has 0 spiro atoms. The van der Waals surface area contributed by atoms with E-state index in [9.17, 15) is 9.59 Å². The second kappa shape index (κ2) is 8.29. The molecule has 0 aliphatic carbocycles. The molecule has 0 aromatic heterocycles. The highest BCUT2D eigenvalue weighted by Crippen LogP contribution is 2.10. The first-order valence-electron chi connectivity index (χ1n) is 7.18. The molecule has 0 aliphatic rings. The number of carboxylic acids is 1. The van der Waals surface area contributed by atoms with Gasteiger partial charge in [-0.1, -0.05) is 24.3 Å². The highest BCUT2D eigenvalue weighted by molar-refractivity contribution is 5.74. The molecule has 5 nitrogen and oxygen atoms in total. The molecule has 0 fully saturated rings. The third-order valence-corrected chi connectivity index (χ3v) is 3.41. The normalized spacial score (nSPS) is 11.8. The molecule has 1 atom stereocenters. The van der Waals surface area contributed by atoms with Crippen LogP contribution in [0.4, 0.5) is 4.79 Å². The third-order valence-electron chi connectivity index (χ3n) is 3.41. The van der Waals surface area contributed by atoms with Crippen molar-refractivity contribution in [1.82, 2.24) is 10.2 Å². The first-order valence-corrected chi connectivity index (χ1v) is 7.18. The van der Waals surface area contributed by atoms with Crippen LogP contribution in [0.1, 0.15) is 37.3 Å². The van der Waals surface area contributed by atoms with Crippen LogP contribution in [0.2, 0.25) is 0 Å². The van der Waals surface area contributed by atoms with Crippen molar-refractivity contribution in [2.24, 2.45) is 0 Å². The fourth-order valence-corrected chi connectivity index (χ4v) is 2.07. The Bertz CT molecular complexity index is 488. The van der Waals surface area contributed by atoms with Crippen molar-refractivity contribution in [3.8, 4) is 0 Å². The Morgan fingerprint density at radius 3 is 2.62 bits per heavy atom. The Kier molecular flexibility index (Phi) is 6.72. The van der Waals surface area contributed by atoms with Crippen LogP contribution in [-0.4, -0.2) is 35.1 Å². The summed E-state index contributed by atoms with van der Waals surface area (Å²) in [5, 5.41) is 11.5. The van der Waals surface area contributed by atoms with Crippen molar-refractivity contribution < 1.29 is 14.7 Å². The third kappa shape index (κ3) is 6.29. The summed E-state index contributed by atoms with van der Waals surface area (Å²) in [6.07, 6.45) is 1.37. The van der Waals surface area contributed by atoms with Gasteiger partial charge in [0.1, 0.15) is 0 Å². The SMILES string of the molecule is Cc1ccccc1CN(C)C(=O)NC(C)CCCC(=O)O. The number of nitrogens with one attached hydrogen (secondary N) is 1. The molecule has 1 aromatic rings. The van der Waals surface area contributed by atoms with E-state index in [1.165, 1.54) is 0 Å². The molecule has 1 rings (SSSR count). The molecule has 0 bridgehead atoms. The van der Waals surface area contributed by atoms with Crippen LogP contribution in [0.25, 0.3) is 0 Å². The van der Waals surface area contributed by atoms with Gasteiger partial charge in [-0.15, -0.1) is 0 Å². The summed E-state index contributed by atoms with van der Waals surface area (Å²) in [5.74, 6) is -0.801. The number of carbonyl (C=O) groups is 2. The minimum atomic E-state index is -0.801. The summed E-state index contributed by atoms with van der Waals surface area (Å²) in [7, 11) is 1.76. The van der Waals surface area contributed by atoms with Crippen LogP contribution in [-0.2, 0) is 11.3 Å². The van der Waals surface area contributed by atoms with Crippen LogP contribution in [0.5, 0.6) is 0 Å². The summed E-state index contributed by atoms with van der Waals surface area (Å²) >= 11 is 0. The number of hydrogen-bond donors (Lipinski definition) is 2. The molecule has 116 valence electrons. The maximum absolute atomic E-state index is 12.1. The lowest BCUT2D eigenvalue weighted by Gasteiger charge is -2.22. The number of amides is 2. The van der Waals surface area contributed by atoms with Gasteiger partial charge >= 0.3 is 12.0 Å². The Morgan fingerprint density at radius 1 is 1.33 bits per heavy atom. The molecule has 1 unspecified atom stereocenters. The Labute approximate surface area is 126 Å². The zero-order chi connectivity index (χ0) is 15.8. The molecule has 5 heteroatoms. The zero-order valence-corrected chi connectivity index (χ0v) is 12.9. The maximum Gasteiger partial charge on any atom is 0.317 e. The Hall–Kier alpha value is -2.04. The number of aryl methyl sites for hydroxylation is 1. The summed E-state index contributed by atoms with van der Waals surface area (Å²) in [6, 6.07) is 7.80. The first kappa shape index (κ1) is 17.0. The molecule has 2 amide bonds. The van der Waals surface area contributed by atoms with E-state index in [1.807, 2.05) is 38.1 Å². The van der Waals surface area contributed by atoms with E-state index >= 15 is 0 Å². The van der Waals surface area contributed by atoms with Crippen LogP contribution in [0.3, 0.4) is 0 Å². The number of carboxylic acid groups (broad SMARTS) is 1. The lowest BCUT2D eigenvalue weighted by Crippen LogP contribution is -2.41. The fourth-order valence-electron chi connectivity index (χ4n) is 2.07. The quantitative estimate of drug-likeness (QED) is 0.812. The first-order chi connectivity index (χ1) is 9.90. The summed E-state index contributed by atoms with van der Waals surface area (Å²) in [4.78, 5) is 24.2. The van der Waals surface area contributed by atoms with Gasteiger partial charge in [-0.05, 0) is 37.8 Å². The standard InChI is InChI=1S/C16H24N2O3/c1-12-7-4-5-9-14(12)11-18(3)16(21)17-13(2)8-6-10-15(19)20/h4-5,7,9,13H,6,8,10-11H2,1-3H3,(H,17,21)(H,19,20). The monoisotopic (exact) mass is 292 g/mol. The Balaban J connectivity index is 2.40. The summed E-state index contributed by atoms with van der Waals surface area (Å²) in [6.45, 7) is 4.47. The molecule has 0 heterocycles. The molecule has 0 saturated heterocycles. The van der Waals surface area contributed by atoms with E-state index in [1.54, 1.807) is 11.9 Å². The number of carbonyl (C=O) groups excluding carboxylic acids is 1. The number of nitrogens with zero attached hydrogens (tertiary/aromatic N) is 1. The van der Waals surface area contributed by atoms with Gasteiger partial charge in [-0.25, -0.2) is 4.79 Å². The number of rotatable bonds is 7. The fraction of sp³-hybridized carbons (Fsp3) is 0.500. The minimum absolute atomic E-state index is 0.0313. The van der Waals surface area contributed by atoms with Gasteiger partial charge in [0.15, 0.2) is 0 Å². The van der Waals surface area contributed by atoms with Gasteiger partial charge in [0, 0.05) is 26.1 Å². The van der Waals surface area contributed by atoms with Gasteiger partial charge in [0.05, 0.1) is 0 Å². The van der Waals surface area contributed by atoms with E-state index in [2.05, 4.69) is 5.32 Å². The average Bonchev–Trinajstić information content (AvgIpc) is 2.40. The maximum atomic E-state index is 12.1. The van der Waals surface area contributed by atoms with Crippen molar-refractivity contribution in [2.45, 2.75) is 45.7 Å². The predicted octanol–water partition coefficient (Wildman–Crippen LogP) is 2.78. The summed E-state index contributed by atoms with van der Waals surface area (Å²) < 4.78 is 0. The molecule has 0 aliphatic heterocycles. The Morgan fingerprint density at radius 2 is 2.00 bits per heavy atom. The second-order valence-corrected chi connectivity index (χ2v) is 5.42. The molecular formula is C16H24N2O3. The number of aliphatic carboxylic acids is 1. The van der Waals surface area contributed by atoms with Crippen LogP contribution < -0.4 is 5.32 Å². The van der Waals surface area contributed by atoms with E-state index in [0.717, 1.165) is 11.1 Å². The van der Waals surface area contributed by atoms with Crippen molar-refractivity contribution in [2.75, 3.05) is 7.05 Å². The van der Waals surface area contributed by atoms with E-state index in [4.69, 9.17) is 5.11 Å². The molecule has 0 radical (unpaired) electrons. The van der Waals surface area contributed by atoms with Gasteiger partial charge in [-0.3, -0.25) is 4.79 Å². The van der Waals surface area contributed by atoms with Crippen molar-refractivity contribution in [3.63, 3.8) is 0 Å². The number of hydrogen-bond acceptors (Lipinski definition) is 2.